The number of piperidine rings is 1. The summed E-state index contributed by atoms with van der Waals surface area (Å²) in [6, 6.07) is -0.493. The Morgan fingerprint density at radius 2 is 1.94 bits per heavy atom. The monoisotopic (exact) mass is 280 g/mol. The molecule has 8 heteroatoms. The highest BCUT2D eigenvalue weighted by atomic mass is 32.2. The van der Waals surface area contributed by atoms with Crippen LogP contribution in [-0.4, -0.2) is 66.0 Å². The van der Waals surface area contributed by atoms with Crippen molar-refractivity contribution in [1.82, 2.24) is 8.61 Å². The number of carbonyl (C=O) groups is 1. The van der Waals surface area contributed by atoms with E-state index in [-0.39, 0.29) is 19.7 Å². The Hall–Kier alpha value is -0.700. The van der Waals surface area contributed by atoms with Gasteiger partial charge in [0, 0.05) is 26.2 Å². The second-order valence-electron chi connectivity index (χ2n) is 4.57. The molecule has 0 aromatic heterocycles. The zero-order valence-electron chi connectivity index (χ0n) is 10.6. The van der Waals surface area contributed by atoms with Crippen molar-refractivity contribution in [2.24, 2.45) is 5.92 Å². The lowest BCUT2D eigenvalue weighted by Gasteiger charge is -2.34. The SMILES string of the molecule is CC(CO)N(C)S(=O)(=O)N1CCC(C(=O)O)CC1. The van der Waals surface area contributed by atoms with Gasteiger partial charge < -0.3 is 10.2 Å². The minimum Gasteiger partial charge on any atom is -0.481 e. The zero-order chi connectivity index (χ0) is 13.9. The Labute approximate surface area is 107 Å². The van der Waals surface area contributed by atoms with Crippen LogP contribution in [-0.2, 0) is 15.0 Å². The number of likely N-dealkylation sites (N-methyl/N-ethyl adjacent to an activating group) is 1. The van der Waals surface area contributed by atoms with Crippen LogP contribution in [0, 0.1) is 5.92 Å². The van der Waals surface area contributed by atoms with Gasteiger partial charge in [0.2, 0.25) is 0 Å². The molecule has 0 radical (unpaired) electrons. The maximum absolute atomic E-state index is 12.2. The Kier molecular flexibility index (Phi) is 5.09. The molecule has 0 aromatic carbocycles. The molecule has 1 heterocycles. The molecule has 2 N–H and O–H groups in total. The van der Waals surface area contributed by atoms with Crippen LogP contribution in [0.3, 0.4) is 0 Å². The molecule has 0 aromatic rings. The van der Waals surface area contributed by atoms with Crippen LogP contribution in [0.1, 0.15) is 19.8 Å². The largest absolute Gasteiger partial charge is 0.481 e. The molecular weight excluding hydrogens is 260 g/mol. The number of carboxylic acid groups (broad SMARTS) is 1. The van der Waals surface area contributed by atoms with Gasteiger partial charge in [-0.05, 0) is 19.8 Å². The molecule has 18 heavy (non-hydrogen) atoms. The van der Waals surface area contributed by atoms with Crippen molar-refractivity contribution >= 4 is 16.2 Å². The van der Waals surface area contributed by atoms with Gasteiger partial charge in [0.25, 0.3) is 10.2 Å². The standard InChI is InChI=1S/C10H20N2O5S/c1-8(7-13)11(2)18(16,17)12-5-3-9(4-6-12)10(14)15/h8-9,13H,3-7H2,1-2H3,(H,14,15). The fourth-order valence-electron chi connectivity index (χ4n) is 1.86. The van der Waals surface area contributed by atoms with Gasteiger partial charge in [-0.15, -0.1) is 0 Å². The number of hydrogen-bond acceptors (Lipinski definition) is 4. The van der Waals surface area contributed by atoms with Crippen LogP contribution >= 0.6 is 0 Å². The van der Waals surface area contributed by atoms with Gasteiger partial charge >= 0.3 is 5.97 Å². The summed E-state index contributed by atoms with van der Waals surface area (Å²) in [5, 5.41) is 17.8. The third-order valence-corrected chi connectivity index (χ3v) is 5.48. The average Bonchev–Trinajstić information content (AvgIpc) is 2.36. The molecule has 1 fully saturated rings. The van der Waals surface area contributed by atoms with Crippen molar-refractivity contribution in [2.75, 3.05) is 26.7 Å². The molecule has 1 aliphatic heterocycles. The third-order valence-electron chi connectivity index (χ3n) is 3.38. The first-order chi connectivity index (χ1) is 8.30. The molecule has 0 aliphatic carbocycles. The second kappa shape index (κ2) is 5.96. The van der Waals surface area contributed by atoms with Gasteiger partial charge in [-0.1, -0.05) is 0 Å². The number of aliphatic carboxylic acids is 1. The lowest BCUT2D eigenvalue weighted by molar-refractivity contribution is -0.142. The molecule has 106 valence electrons. The molecule has 0 saturated carbocycles. The zero-order valence-corrected chi connectivity index (χ0v) is 11.4. The van der Waals surface area contributed by atoms with Crippen molar-refractivity contribution in [3.05, 3.63) is 0 Å². The summed E-state index contributed by atoms with van der Waals surface area (Å²) in [5.74, 6) is -1.33. The quantitative estimate of drug-likeness (QED) is 0.696. The van der Waals surface area contributed by atoms with E-state index in [1.807, 2.05) is 0 Å². The number of aliphatic hydroxyl groups excluding tert-OH is 1. The Morgan fingerprint density at radius 3 is 2.33 bits per heavy atom. The van der Waals surface area contributed by atoms with Crippen LogP contribution in [0.4, 0.5) is 0 Å². The Bertz CT molecular complexity index is 389. The number of rotatable bonds is 5. The predicted octanol–water partition coefficient (Wildman–Crippen LogP) is -0.660. The van der Waals surface area contributed by atoms with E-state index < -0.39 is 28.1 Å². The van der Waals surface area contributed by atoms with Crippen LogP contribution in [0.25, 0.3) is 0 Å². The minimum absolute atomic E-state index is 0.210. The molecule has 0 amide bonds. The lowest BCUT2D eigenvalue weighted by atomic mass is 9.99. The Morgan fingerprint density at radius 1 is 1.44 bits per heavy atom. The van der Waals surface area contributed by atoms with Gasteiger partial charge in [-0.25, -0.2) is 0 Å². The Balaban J connectivity index is 2.69. The summed E-state index contributed by atoms with van der Waals surface area (Å²) >= 11 is 0. The number of hydrogen-bond donors (Lipinski definition) is 2. The smallest absolute Gasteiger partial charge is 0.306 e. The summed E-state index contributed by atoms with van der Waals surface area (Å²) in [5.41, 5.74) is 0. The molecule has 1 rings (SSSR count). The first-order valence-corrected chi connectivity index (χ1v) is 7.27. The van der Waals surface area contributed by atoms with E-state index in [0.717, 1.165) is 4.31 Å². The third kappa shape index (κ3) is 3.19. The minimum atomic E-state index is -3.61. The topological polar surface area (TPSA) is 98.2 Å². The highest BCUT2D eigenvalue weighted by molar-refractivity contribution is 7.86. The first-order valence-electron chi connectivity index (χ1n) is 5.87. The van der Waals surface area contributed by atoms with Crippen LogP contribution in [0.2, 0.25) is 0 Å². The van der Waals surface area contributed by atoms with Crippen LogP contribution in [0.5, 0.6) is 0 Å². The maximum atomic E-state index is 12.2. The van der Waals surface area contributed by atoms with Gasteiger partial charge in [-0.3, -0.25) is 4.79 Å². The van der Waals surface area contributed by atoms with Gasteiger partial charge in [-0.2, -0.15) is 17.0 Å². The van der Waals surface area contributed by atoms with E-state index in [0.29, 0.717) is 12.8 Å². The maximum Gasteiger partial charge on any atom is 0.306 e. The molecule has 1 saturated heterocycles. The van der Waals surface area contributed by atoms with Crippen LogP contribution < -0.4 is 0 Å². The molecule has 7 nitrogen and oxygen atoms in total. The van der Waals surface area contributed by atoms with Crippen molar-refractivity contribution < 1.29 is 23.4 Å². The van der Waals surface area contributed by atoms with Gasteiger partial charge in [0.05, 0.1) is 12.5 Å². The molecule has 1 aliphatic rings. The number of nitrogens with zero attached hydrogens (tertiary/aromatic N) is 2. The summed E-state index contributed by atoms with van der Waals surface area (Å²) in [6.45, 7) is 1.78. The van der Waals surface area contributed by atoms with Crippen molar-refractivity contribution in [2.45, 2.75) is 25.8 Å². The van der Waals surface area contributed by atoms with Gasteiger partial charge in [0.15, 0.2) is 0 Å². The molecule has 1 unspecified atom stereocenters. The van der Waals surface area contributed by atoms with Crippen LogP contribution in [0.15, 0.2) is 0 Å². The van der Waals surface area contributed by atoms with Crippen molar-refractivity contribution in [1.29, 1.82) is 0 Å². The fraction of sp³-hybridized carbons (Fsp3) is 0.900. The fourth-order valence-corrected chi connectivity index (χ4v) is 3.42. The van der Waals surface area contributed by atoms with E-state index in [1.54, 1.807) is 6.92 Å². The van der Waals surface area contributed by atoms with E-state index in [9.17, 15) is 13.2 Å². The second-order valence-corrected chi connectivity index (χ2v) is 6.56. The highest BCUT2D eigenvalue weighted by Crippen LogP contribution is 2.21. The highest BCUT2D eigenvalue weighted by Gasteiger charge is 2.34. The van der Waals surface area contributed by atoms with E-state index >= 15 is 0 Å². The first kappa shape index (κ1) is 15.4. The molecule has 1 atom stereocenters. The molecular formula is C10H20N2O5S. The van der Waals surface area contributed by atoms with Crippen molar-refractivity contribution in [3.8, 4) is 0 Å². The number of carboxylic acids is 1. The predicted molar refractivity (Wildman–Crippen MR) is 65.2 cm³/mol. The summed E-state index contributed by atoms with van der Waals surface area (Å²) in [6.07, 6.45) is 0.659. The van der Waals surface area contributed by atoms with E-state index in [2.05, 4.69) is 0 Å². The van der Waals surface area contributed by atoms with Crippen molar-refractivity contribution in [3.63, 3.8) is 0 Å². The summed E-state index contributed by atoms with van der Waals surface area (Å²) in [7, 11) is -2.19. The summed E-state index contributed by atoms with van der Waals surface area (Å²) in [4.78, 5) is 10.8. The molecule has 0 spiro atoms. The van der Waals surface area contributed by atoms with Gasteiger partial charge in [0.1, 0.15) is 0 Å². The van der Waals surface area contributed by atoms with E-state index in [1.165, 1.54) is 11.4 Å². The average molecular weight is 280 g/mol. The number of aliphatic hydroxyl groups is 1. The normalized spacial score (nSPS) is 21.1. The van der Waals surface area contributed by atoms with E-state index in [4.69, 9.17) is 10.2 Å². The lowest BCUT2D eigenvalue weighted by Crippen LogP contribution is -2.49. The molecule has 0 bridgehead atoms. The summed E-state index contributed by atoms with van der Waals surface area (Å²) < 4.78 is 26.7.